The Hall–Kier alpha value is -2.75. The maximum atomic E-state index is 12.7. The van der Waals surface area contributed by atoms with Crippen molar-refractivity contribution >= 4 is 68.4 Å². The van der Waals surface area contributed by atoms with Crippen LogP contribution in [0.4, 0.5) is 0 Å². The van der Waals surface area contributed by atoms with Gasteiger partial charge in [0.05, 0.1) is 23.4 Å². The van der Waals surface area contributed by atoms with Crippen molar-refractivity contribution in [1.29, 1.82) is 0 Å². The van der Waals surface area contributed by atoms with Gasteiger partial charge in [0.15, 0.2) is 0 Å². The predicted octanol–water partition coefficient (Wildman–Crippen LogP) is 4.46. The summed E-state index contributed by atoms with van der Waals surface area (Å²) in [7, 11) is 0. The summed E-state index contributed by atoms with van der Waals surface area (Å²) in [6.07, 6.45) is 1.78. The number of carbonyl (C=O) groups excluding carboxylic acids is 3. The molecular formula is C23H23ClN2O5S2. The number of hydrogen-bond donors (Lipinski definition) is 3. The first-order valence-electron chi connectivity index (χ1n) is 10.4. The molecular weight excluding hydrogens is 484 g/mol. The van der Waals surface area contributed by atoms with Crippen molar-refractivity contribution in [3.8, 4) is 0 Å². The van der Waals surface area contributed by atoms with Crippen LogP contribution >= 0.6 is 34.3 Å². The number of benzene rings is 1. The highest BCUT2D eigenvalue weighted by Gasteiger charge is 2.25. The molecule has 10 heteroatoms. The van der Waals surface area contributed by atoms with E-state index in [1.165, 1.54) is 22.7 Å². The first-order valence-corrected chi connectivity index (χ1v) is 12.4. The number of unbranched alkanes of at least 4 members (excludes halogenated alkanes) is 1. The lowest BCUT2D eigenvalue weighted by Crippen LogP contribution is -2.40. The molecule has 2 aromatic heterocycles. The highest BCUT2D eigenvalue weighted by Crippen LogP contribution is 2.35. The Balaban J connectivity index is 1.52. The minimum atomic E-state index is -1.16. The van der Waals surface area contributed by atoms with Gasteiger partial charge in [0.1, 0.15) is 11.2 Å². The Labute approximate surface area is 203 Å². The number of fused-ring (bicyclic) bond motifs is 1. The molecule has 3 N–H and O–H groups in total. The molecule has 1 aromatic carbocycles. The number of carboxylic acids is 1. The fourth-order valence-corrected chi connectivity index (χ4v) is 5.71. The van der Waals surface area contributed by atoms with Gasteiger partial charge in [0.2, 0.25) is 5.91 Å². The van der Waals surface area contributed by atoms with E-state index in [0.717, 1.165) is 15.0 Å². The van der Waals surface area contributed by atoms with Crippen LogP contribution in [-0.2, 0) is 14.4 Å². The Morgan fingerprint density at radius 1 is 1.12 bits per heavy atom. The van der Waals surface area contributed by atoms with Crippen LogP contribution in [0.15, 0.2) is 41.8 Å². The molecule has 0 bridgehead atoms. The van der Waals surface area contributed by atoms with Gasteiger partial charge >= 0.3 is 5.97 Å². The quantitative estimate of drug-likeness (QED) is 0.248. The van der Waals surface area contributed by atoms with E-state index < -0.39 is 24.3 Å². The molecule has 1 unspecified atom stereocenters. The Morgan fingerprint density at radius 3 is 2.58 bits per heavy atom. The molecule has 0 saturated carbocycles. The van der Waals surface area contributed by atoms with Crippen LogP contribution in [-0.4, -0.2) is 41.8 Å². The summed E-state index contributed by atoms with van der Waals surface area (Å²) < 4.78 is 0.953. The molecule has 3 aromatic rings. The van der Waals surface area contributed by atoms with E-state index in [9.17, 15) is 19.2 Å². The molecule has 0 aliphatic carbocycles. The fourth-order valence-electron chi connectivity index (χ4n) is 3.41. The molecule has 0 aliphatic heterocycles. The number of thiophene rings is 2. The van der Waals surface area contributed by atoms with Crippen molar-refractivity contribution in [1.82, 2.24) is 10.6 Å². The lowest BCUT2D eigenvalue weighted by molar-refractivity contribution is -0.138. The molecule has 33 heavy (non-hydrogen) atoms. The number of aliphatic carboxylic acids is 1. The van der Waals surface area contributed by atoms with E-state index in [2.05, 4.69) is 10.6 Å². The Kier molecular flexibility index (Phi) is 8.99. The van der Waals surface area contributed by atoms with Gasteiger partial charge in [-0.1, -0.05) is 42.3 Å². The van der Waals surface area contributed by atoms with Crippen LogP contribution in [0.5, 0.6) is 0 Å². The first-order chi connectivity index (χ1) is 15.9. The minimum Gasteiger partial charge on any atom is -0.481 e. The van der Waals surface area contributed by atoms with Crippen molar-refractivity contribution in [3.63, 3.8) is 0 Å². The van der Waals surface area contributed by atoms with Crippen LogP contribution in [0.2, 0.25) is 5.02 Å². The smallest absolute Gasteiger partial charge is 0.305 e. The number of amides is 2. The number of halogens is 1. The monoisotopic (exact) mass is 506 g/mol. The second-order valence-corrected chi connectivity index (χ2v) is 9.82. The van der Waals surface area contributed by atoms with E-state index >= 15 is 0 Å². The highest BCUT2D eigenvalue weighted by atomic mass is 35.5. The lowest BCUT2D eigenvalue weighted by Gasteiger charge is -2.18. The van der Waals surface area contributed by atoms with Gasteiger partial charge in [-0.15, -0.1) is 22.7 Å². The topological polar surface area (TPSA) is 113 Å². The van der Waals surface area contributed by atoms with E-state index in [-0.39, 0.29) is 11.8 Å². The number of hydrogen-bond acceptors (Lipinski definition) is 6. The number of rotatable bonds is 12. The minimum absolute atomic E-state index is 0.226. The van der Waals surface area contributed by atoms with E-state index in [1.54, 1.807) is 0 Å². The molecule has 0 radical (unpaired) electrons. The third kappa shape index (κ3) is 6.63. The molecule has 0 fully saturated rings. The van der Waals surface area contributed by atoms with Crippen molar-refractivity contribution in [2.45, 2.75) is 37.6 Å². The number of aldehydes is 1. The zero-order valence-corrected chi connectivity index (χ0v) is 20.0. The van der Waals surface area contributed by atoms with Gasteiger partial charge in [-0.3, -0.25) is 14.4 Å². The molecule has 2 amide bonds. The Bertz CT molecular complexity index is 1130. The van der Waals surface area contributed by atoms with Gasteiger partial charge < -0.3 is 20.5 Å². The second kappa shape index (κ2) is 11.9. The number of nitrogens with one attached hydrogen (secondary N) is 2. The van der Waals surface area contributed by atoms with Gasteiger partial charge in [0.25, 0.3) is 5.91 Å². The maximum absolute atomic E-state index is 12.7. The zero-order chi connectivity index (χ0) is 23.8. The number of carbonyl (C=O) groups is 4. The third-order valence-corrected chi connectivity index (χ3v) is 7.70. The summed E-state index contributed by atoms with van der Waals surface area (Å²) in [4.78, 5) is 48.6. The molecule has 174 valence electrons. The molecule has 0 spiro atoms. The van der Waals surface area contributed by atoms with Gasteiger partial charge in [-0.05, 0) is 30.4 Å². The maximum Gasteiger partial charge on any atom is 0.305 e. The summed E-state index contributed by atoms with van der Waals surface area (Å²) in [6.45, 7) is 0.429. The third-order valence-electron chi connectivity index (χ3n) is 5.04. The first kappa shape index (κ1) is 24.9. The lowest BCUT2D eigenvalue weighted by atomic mass is 9.98. The Morgan fingerprint density at radius 2 is 1.91 bits per heavy atom. The van der Waals surface area contributed by atoms with E-state index in [0.29, 0.717) is 42.0 Å². The van der Waals surface area contributed by atoms with Crippen molar-refractivity contribution < 1.29 is 24.3 Å². The van der Waals surface area contributed by atoms with Crippen LogP contribution in [0.25, 0.3) is 10.1 Å². The van der Waals surface area contributed by atoms with Crippen LogP contribution < -0.4 is 10.6 Å². The molecule has 2 atom stereocenters. The molecule has 3 rings (SSSR count). The standard InChI is InChI=1S/C23H23ClN2O5S2/c24-20-15-6-1-2-8-18(15)33-21(20)23(31)25-10-4-3-7-16(17-9-5-11-32-17)22(30)26-14(13-27)12-19(28)29/h1-2,5-6,8-9,11,13-14,16H,3-4,7,10,12H2,(H,25,31)(H,26,30)(H,28,29)/t14-,16?/m1/s1. The van der Waals surface area contributed by atoms with Crippen LogP contribution in [0.1, 0.15) is 46.2 Å². The highest BCUT2D eigenvalue weighted by molar-refractivity contribution is 7.21. The summed E-state index contributed by atoms with van der Waals surface area (Å²) in [6, 6.07) is 10.2. The van der Waals surface area contributed by atoms with Crippen LogP contribution in [0.3, 0.4) is 0 Å². The van der Waals surface area contributed by atoms with Gasteiger partial charge in [-0.2, -0.15) is 0 Å². The summed E-state index contributed by atoms with van der Waals surface area (Å²) in [5.74, 6) is -2.25. The SMILES string of the molecule is O=C[C@@H](CC(=O)O)NC(=O)C(CCCCNC(=O)c1sc2ccccc2c1Cl)c1cccs1. The van der Waals surface area contributed by atoms with Crippen molar-refractivity contribution in [2.75, 3.05) is 6.54 Å². The zero-order valence-electron chi connectivity index (χ0n) is 17.6. The summed E-state index contributed by atoms with van der Waals surface area (Å²) in [5.41, 5.74) is 0. The average molecular weight is 507 g/mol. The summed E-state index contributed by atoms with van der Waals surface area (Å²) >= 11 is 9.13. The molecule has 0 saturated heterocycles. The van der Waals surface area contributed by atoms with Gasteiger partial charge in [0, 0.05) is 21.5 Å². The van der Waals surface area contributed by atoms with Crippen molar-refractivity contribution in [2.24, 2.45) is 0 Å². The molecule has 2 heterocycles. The largest absolute Gasteiger partial charge is 0.481 e. The normalized spacial score (nSPS) is 12.8. The number of carboxylic acid groups (broad SMARTS) is 1. The molecule has 0 aliphatic rings. The fraction of sp³-hybridized carbons (Fsp3) is 0.304. The second-order valence-electron chi connectivity index (χ2n) is 7.41. The summed E-state index contributed by atoms with van der Waals surface area (Å²) in [5, 5.41) is 17.5. The van der Waals surface area contributed by atoms with Crippen LogP contribution in [0, 0.1) is 0 Å². The van der Waals surface area contributed by atoms with E-state index in [4.69, 9.17) is 16.7 Å². The van der Waals surface area contributed by atoms with Gasteiger partial charge in [-0.25, -0.2) is 0 Å². The molecule has 7 nitrogen and oxygen atoms in total. The van der Waals surface area contributed by atoms with Crippen molar-refractivity contribution in [3.05, 3.63) is 56.6 Å². The average Bonchev–Trinajstić information content (AvgIpc) is 3.43. The predicted molar refractivity (Wildman–Crippen MR) is 130 cm³/mol. The van der Waals surface area contributed by atoms with E-state index in [1.807, 2.05) is 41.8 Å².